The highest BCUT2D eigenvalue weighted by Crippen LogP contribution is 2.38. The number of likely N-dealkylation sites (tertiary alicyclic amines) is 1. The SMILES string of the molecule is COc1ccc2ncc(Cl)c(CCCC3(C(=O)O)CCN(CCCc4cc(F)cc(F)c4F)CC3)c2c1. The number of hydrogen-bond donors (Lipinski definition) is 1. The van der Waals surface area contributed by atoms with Crippen molar-refractivity contribution in [3.05, 3.63) is 70.1 Å². The Hall–Kier alpha value is -2.84. The van der Waals surface area contributed by atoms with E-state index < -0.39 is 28.8 Å². The molecule has 9 heteroatoms. The van der Waals surface area contributed by atoms with Crippen LogP contribution in [-0.2, 0) is 17.6 Å². The largest absolute Gasteiger partial charge is 0.497 e. The number of methoxy groups -OCH3 is 1. The van der Waals surface area contributed by atoms with E-state index >= 15 is 0 Å². The number of nitrogens with zero attached hydrogens (tertiary/aromatic N) is 2. The smallest absolute Gasteiger partial charge is 0.309 e. The van der Waals surface area contributed by atoms with Crippen LogP contribution in [0.25, 0.3) is 10.9 Å². The zero-order valence-electron chi connectivity index (χ0n) is 20.7. The van der Waals surface area contributed by atoms with Gasteiger partial charge in [0.1, 0.15) is 11.6 Å². The first-order valence-corrected chi connectivity index (χ1v) is 12.8. The van der Waals surface area contributed by atoms with Gasteiger partial charge in [0.05, 0.1) is 23.1 Å². The van der Waals surface area contributed by atoms with Gasteiger partial charge in [0.25, 0.3) is 0 Å². The average Bonchev–Trinajstić information content (AvgIpc) is 2.88. The third-order valence-electron chi connectivity index (χ3n) is 7.47. The number of halogens is 4. The van der Waals surface area contributed by atoms with Crippen LogP contribution in [0.15, 0.2) is 36.5 Å². The molecule has 1 N–H and O–H groups in total. The maximum atomic E-state index is 13.9. The molecule has 0 bridgehead atoms. The molecule has 0 spiro atoms. The lowest BCUT2D eigenvalue weighted by Gasteiger charge is -2.39. The fraction of sp³-hybridized carbons (Fsp3) is 0.429. The summed E-state index contributed by atoms with van der Waals surface area (Å²) in [6.07, 6.45) is 5.18. The first-order valence-electron chi connectivity index (χ1n) is 12.4. The highest BCUT2D eigenvalue weighted by molar-refractivity contribution is 6.32. The number of carbonyl (C=O) groups is 1. The molecule has 0 aliphatic carbocycles. The van der Waals surface area contributed by atoms with Gasteiger partial charge in [-0.1, -0.05) is 11.6 Å². The summed E-state index contributed by atoms with van der Waals surface area (Å²) in [5.74, 6) is -3.07. The van der Waals surface area contributed by atoms with Crippen LogP contribution in [0.5, 0.6) is 5.75 Å². The fourth-order valence-electron chi connectivity index (χ4n) is 5.25. The van der Waals surface area contributed by atoms with Gasteiger partial charge in [-0.25, -0.2) is 13.2 Å². The molecule has 198 valence electrons. The standard InChI is InChI=1S/C28H30ClF3N2O3/c1-37-20-6-7-25-22(16-20)21(23(29)17-33-25)5-2-8-28(27(35)36)9-12-34(13-10-28)11-3-4-18-14-19(30)15-24(31)26(18)32/h6-7,14-17H,2-5,8-13H2,1H3,(H,35,36). The molecule has 1 aromatic heterocycles. The molecule has 0 radical (unpaired) electrons. The number of aliphatic carboxylic acids is 1. The van der Waals surface area contributed by atoms with E-state index in [2.05, 4.69) is 9.88 Å². The van der Waals surface area contributed by atoms with Crippen LogP contribution in [-0.4, -0.2) is 47.7 Å². The molecule has 1 saturated heterocycles. The van der Waals surface area contributed by atoms with E-state index in [-0.39, 0.29) is 12.0 Å². The molecule has 37 heavy (non-hydrogen) atoms. The fourth-order valence-corrected chi connectivity index (χ4v) is 5.49. The van der Waals surface area contributed by atoms with Gasteiger partial charge in [0.15, 0.2) is 11.6 Å². The molecule has 2 aromatic carbocycles. The predicted octanol–water partition coefficient (Wildman–Crippen LogP) is 6.44. The van der Waals surface area contributed by atoms with Crippen molar-refractivity contribution in [1.82, 2.24) is 9.88 Å². The third-order valence-corrected chi connectivity index (χ3v) is 7.80. The molecule has 1 aliphatic heterocycles. The van der Waals surface area contributed by atoms with Crippen LogP contribution in [0, 0.1) is 22.9 Å². The van der Waals surface area contributed by atoms with Gasteiger partial charge in [0.2, 0.25) is 0 Å². The number of pyridine rings is 1. The molecule has 2 heterocycles. The van der Waals surface area contributed by atoms with Gasteiger partial charge in [-0.15, -0.1) is 0 Å². The first kappa shape index (κ1) is 27.2. The first-order chi connectivity index (χ1) is 17.7. The van der Waals surface area contributed by atoms with E-state index in [4.69, 9.17) is 16.3 Å². The number of benzene rings is 2. The zero-order valence-corrected chi connectivity index (χ0v) is 21.5. The quantitative estimate of drug-likeness (QED) is 0.303. The molecule has 3 aromatic rings. The van der Waals surface area contributed by atoms with E-state index in [0.29, 0.717) is 75.0 Å². The summed E-state index contributed by atoms with van der Waals surface area (Å²) in [6.45, 7) is 1.80. The second-order valence-corrected chi connectivity index (χ2v) is 10.1. The van der Waals surface area contributed by atoms with Crippen LogP contribution < -0.4 is 4.74 Å². The molecular formula is C28H30ClF3N2O3. The summed E-state index contributed by atoms with van der Waals surface area (Å²) in [7, 11) is 1.60. The van der Waals surface area contributed by atoms with E-state index in [1.165, 1.54) is 0 Å². The monoisotopic (exact) mass is 534 g/mol. The van der Waals surface area contributed by atoms with Crippen molar-refractivity contribution in [1.29, 1.82) is 0 Å². The highest BCUT2D eigenvalue weighted by Gasteiger charge is 2.40. The number of carboxylic acid groups (broad SMARTS) is 1. The number of hydrogen-bond acceptors (Lipinski definition) is 4. The van der Waals surface area contributed by atoms with E-state index in [1.54, 1.807) is 13.3 Å². The molecule has 0 saturated carbocycles. The number of piperidine rings is 1. The van der Waals surface area contributed by atoms with Crippen molar-refractivity contribution in [2.75, 3.05) is 26.7 Å². The van der Waals surface area contributed by atoms with Crippen LogP contribution in [0.2, 0.25) is 5.02 Å². The van der Waals surface area contributed by atoms with Crippen LogP contribution in [0.1, 0.15) is 43.2 Å². The number of rotatable bonds is 10. The van der Waals surface area contributed by atoms with Crippen LogP contribution in [0.3, 0.4) is 0 Å². The van der Waals surface area contributed by atoms with E-state index in [0.717, 1.165) is 22.5 Å². The van der Waals surface area contributed by atoms with Crippen molar-refractivity contribution in [2.24, 2.45) is 5.41 Å². The Bertz CT molecular complexity index is 1280. The van der Waals surface area contributed by atoms with Gasteiger partial charge in [0, 0.05) is 17.6 Å². The van der Waals surface area contributed by atoms with Crippen molar-refractivity contribution in [3.8, 4) is 5.75 Å². The number of ether oxygens (including phenoxy) is 1. The molecular weight excluding hydrogens is 505 g/mol. The number of aromatic nitrogens is 1. The summed E-state index contributed by atoms with van der Waals surface area (Å²) < 4.78 is 46.1. The molecule has 1 fully saturated rings. The van der Waals surface area contributed by atoms with E-state index in [1.807, 2.05) is 18.2 Å². The van der Waals surface area contributed by atoms with Crippen molar-refractivity contribution < 1.29 is 27.8 Å². The van der Waals surface area contributed by atoms with Crippen molar-refractivity contribution >= 4 is 28.5 Å². The van der Waals surface area contributed by atoms with Gasteiger partial charge in [-0.2, -0.15) is 0 Å². The predicted molar refractivity (Wildman–Crippen MR) is 137 cm³/mol. The molecule has 4 rings (SSSR count). The van der Waals surface area contributed by atoms with Gasteiger partial charge >= 0.3 is 5.97 Å². The second kappa shape index (κ2) is 11.7. The van der Waals surface area contributed by atoms with Crippen LogP contribution in [0.4, 0.5) is 13.2 Å². The van der Waals surface area contributed by atoms with Crippen molar-refractivity contribution in [3.63, 3.8) is 0 Å². The number of aryl methyl sites for hydroxylation is 2. The summed E-state index contributed by atoms with van der Waals surface area (Å²) in [5, 5.41) is 11.5. The Balaban J connectivity index is 1.33. The van der Waals surface area contributed by atoms with Gasteiger partial charge in [-0.3, -0.25) is 9.78 Å². The van der Waals surface area contributed by atoms with E-state index in [9.17, 15) is 23.1 Å². The maximum absolute atomic E-state index is 13.9. The van der Waals surface area contributed by atoms with Crippen LogP contribution >= 0.6 is 11.6 Å². The lowest BCUT2D eigenvalue weighted by molar-refractivity contribution is -0.152. The summed E-state index contributed by atoms with van der Waals surface area (Å²) in [6, 6.07) is 7.18. The Labute approximate surface area is 219 Å². The molecule has 5 nitrogen and oxygen atoms in total. The lowest BCUT2D eigenvalue weighted by atomic mass is 9.74. The molecule has 1 aliphatic rings. The molecule has 0 atom stereocenters. The summed E-state index contributed by atoms with van der Waals surface area (Å²) in [4.78, 5) is 18.8. The highest BCUT2D eigenvalue weighted by atomic mass is 35.5. The third kappa shape index (κ3) is 6.18. The summed E-state index contributed by atoms with van der Waals surface area (Å²) >= 11 is 6.47. The number of fused-ring (bicyclic) bond motifs is 1. The second-order valence-electron chi connectivity index (χ2n) is 9.71. The Morgan fingerprint density at radius 3 is 2.59 bits per heavy atom. The molecule has 0 amide bonds. The Morgan fingerprint density at radius 2 is 1.89 bits per heavy atom. The minimum Gasteiger partial charge on any atom is -0.497 e. The van der Waals surface area contributed by atoms with Crippen molar-refractivity contribution in [2.45, 2.75) is 44.9 Å². The van der Waals surface area contributed by atoms with Gasteiger partial charge < -0.3 is 14.7 Å². The average molecular weight is 535 g/mol. The minimum atomic E-state index is -1.18. The summed E-state index contributed by atoms with van der Waals surface area (Å²) in [5.41, 5.74) is 0.947. The normalized spacial score (nSPS) is 15.7. The Morgan fingerprint density at radius 1 is 1.14 bits per heavy atom. The lowest BCUT2D eigenvalue weighted by Crippen LogP contribution is -2.44. The maximum Gasteiger partial charge on any atom is 0.309 e. The topological polar surface area (TPSA) is 62.7 Å². The zero-order chi connectivity index (χ0) is 26.6. The Kier molecular flexibility index (Phi) is 8.60. The minimum absolute atomic E-state index is 0.0225. The number of carboxylic acids is 1. The molecule has 0 unspecified atom stereocenters. The van der Waals surface area contributed by atoms with Gasteiger partial charge in [-0.05, 0) is 100.0 Å².